The van der Waals surface area contributed by atoms with Gasteiger partial charge in [0.25, 0.3) is 0 Å². The summed E-state index contributed by atoms with van der Waals surface area (Å²) in [4.78, 5) is 23.3. The molecule has 0 radical (unpaired) electrons. The summed E-state index contributed by atoms with van der Waals surface area (Å²) < 4.78 is 5.95. The van der Waals surface area contributed by atoms with Crippen LogP contribution in [-0.4, -0.2) is 27.7 Å². The molecule has 0 saturated heterocycles. The monoisotopic (exact) mass is 353 g/mol. The average Bonchev–Trinajstić information content (AvgIpc) is 3.43. The van der Waals surface area contributed by atoms with Gasteiger partial charge in [-0.2, -0.15) is 0 Å². The van der Waals surface area contributed by atoms with Crippen molar-refractivity contribution in [3.05, 3.63) is 59.4 Å². The molecular formula is C20H19NO5. The highest BCUT2D eigenvalue weighted by atomic mass is 16.5. The van der Waals surface area contributed by atoms with Crippen molar-refractivity contribution in [1.82, 2.24) is 0 Å². The number of fused-ring (bicyclic) bond motifs is 2. The number of hydrogen-bond acceptors (Lipinski definition) is 4. The summed E-state index contributed by atoms with van der Waals surface area (Å²) in [5, 5.41) is 19.0. The zero-order chi connectivity index (χ0) is 18.5. The van der Waals surface area contributed by atoms with Crippen molar-refractivity contribution in [2.24, 2.45) is 17.6 Å². The zero-order valence-corrected chi connectivity index (χ0v) is 14.0. The molecule has 0 unspecified atom stereocenters. The molecule has 134 valence electrons. The highest BCUT2D eigenvalue weighted by Gasteiger charge is 2.58. The lowest BCUT2D eigenvalue weighted by Gasteiger charge is -2.32. The fourth-order valence-corrected chi connectivity index (χ4v) is 3.85. The van der Waals surface area contributed by atoms with Crippen molar-refractivity contribution >= 4 is 17.5 Å². The zero-order valence-electron chi connectivity index (χ0n) is 14.0. The van der Waals surface area contributed by atoms with Crippen LogP contribution >= 0.6 is 0 Å². The van der Waals surface area contributed by atoms with Gasteiger partial charge in [-0.3, -0.25) is 9.59 Å². The standard InChI is InChI=1S/C20H19NO5/c21-20(19(24)25,15-9-13(15)18(22)23)10-14-11-5-1-3-7-16(11)26-17-8-4-2-6-12(14)17/h1-3,5-8,13,15H,4,9-10,21H2,(H,22,23)(H,24,25)/t13-,15-,20-/m0/s1. The molecule has 3 atom stereocenters. The summed E-state index contributed by atoms with van der Waals surface area (Å²) in [6.07, 6.45) is 6.93. The van der Waals surface area contributed by atoms with Gasteiger partial charge in [-0.1, -0.05) is 30.4 Å². The highest BCUT2D eigenvalue weighted by Crippen LogP contribution is 2.51. The first-order valence-electron chi connectivity index (χ1n) is 8.54. The summed E-state index contributed by atoms with van der Waals surface area (Å²) in [7, 11) is 0. The van der Waals surface area contributed by atoms with Gasteiger partial charge in [-0.15, -0.1) is 0 Å². The van der Waals surface area contributed by atoms with Gasteiger partial charge >= 0.3 is 11.9 Å². The highest BCUT2D eigenvalue weighted by molar-refractivity contribution is 5.89. The van der Waals surface area contributed by atoms with Crippen molar-refractivity contribution < 1.29 is 24.5 Å². The molecule has 4 N–H and O–H groups in total. The van der Waals surface area contributed by atoms with Crippen molar-refractivity contribution in [2.75, 3.05) is 0 Å². The molecule has 0 amide bonds. The molecule has 1 saturated carbocycles. The van der Waals surface area contributed by atoms with Gasteiger partial charge < -0.3 is 20.7 Å². The Hall–Kier alpha value is -2.86. The molecule has 3 aliphatic rings. The van der Waals surface area contributed by atoms with E-state index < -0.39 is 29.3 Å². The second-order valence-corrected chi connectivity index (χ2v) is 7.01. The quantitative estimate of drug-likeness (QED) is 0.750. The maximum atomic E-state index is 12.0. The van der Waals surface area contributed by atoms with Gasteiger partial charge in [0.05, 0.1) is 5.92 Å². The summed E-state index contributed by atoms with van der Waals surface area (Å²) in [5.41, 5.74) is 7.08. The van der Waals surface area contributed by atoms with Gasteiger partial charge in [0.2, 0.25) is 0 Å². The Morgan fingerprint density at radius 1 is 1.27 bits per heavy atom. The molecule has 1 aromatic carbocycles. The molecule has 1 aliphatic heterocycles. The molecule has 6 heteroatoms. The number of rotatable bonds is 5. The Morgan fingerprint density at radius 3 is 2.73 bits per heavy atom. The third-order valence-corrected chi connectivity index (χ3v) is 5.38. The Kier molecular flexibility index (Phi) is 3.73. The minimum Gasteiger partial charge on any atom is -0.481 e. The molecule has 1 aromatic rings. The lowest BCUT2D eigenvalue weighted by atomic mass is 9.80. The van der Waals surface area contributed by atoms with Crippen molar-refractivity contribution in [1.29, 1.82) is 0 Å². The minimum absolute atomic E-state index is 0.0498. The first-order valence-corrected chi connectivity index (χ1v) is 8.54. The lowest BCUT2D eigenvalue weighted by molar-refractivity contribution is -0.145. The second kappa shape index (κ2) is 5.85. The molecule has 0 spiro atoms. The largest absolute Gasteiger partial charge is 0.481 e. The summed E-state index contributed by atoms with van der Waals surface area (Å²) >= 11 is 0. The average molecular weight is 353 g/mol. The minimum atomic E-state index is -1.63. The molecule has 1 fully saturated rings. The van der Waals surface area contributed by atoms with Gasteiger partial charge in [-0.25, -0.2) is 0 Å². The van der Waals surface area contributed by atoms with Crippen LogP contribution in [0.25, 0.3) is 5.57 Å². The Morgan fingerprint density at radius 2 is 2.04 bits per heavy atom. The van der Waals surface area contributed by atoms with Crippen molar-refractivity contribution in [2.45, 2.75) is 24.8 Å². The number of ether oxygens (including phenoxy) is 1. The van der Waals surface area contributed by atoms with E-state index in [1.165, 1.54) is 0 Å². The van der Waals surface area contributed by atoms with E-state index in [1.54, 1.807) is 0 Å². The van der Waals surface area contributed by atoms with Gasteiger partial charge in [0.1, 0.15) is 17.0 Å². The van der Waals surface area contributed by atoms with Crippen molar-refractivity contribution in [3.8, 4) is 5.75 Å². The second-order valence-electron chi connectivity index (χ2n) is 7.01. The smallest absolute Gasteiger partial charge is 0.324 e. The van der Waals surface area contributed by atoms with Crippen LogP contribution in [0.4, 0.5) is 0 Å². The van der Waals surface area contributed by atoms with E-state index in [2.05, 4.69) is 0 Å². The summed E-state index contributed by atoms with van der Waals surface area (Å²) in [6, 6.07) is 7.43. The molecule has 0 aromatic heterocycles. The van der Waals surface area contributed by atoms with Crippen LogP contribution in [0.2, 0.25) is 0 Å². The molecule has 2 aliphatic carbocycles. The predicted molar refractivity (Wildman–Crippen MR) is 94.2 cm³/mol. The fraction of sp³-hybridized carbons (Fsp3) is 0.300. The SMILES string of the molecule is N[C@](CC1=C2C=CCC=C2Oc2ccccc21)(C(=O)O)[C@H]1C[C@@H]1C(=O)O. The molecular weight excluding hydrogens is 334 g/mol. The fourth-order valence-electron chi connectivity index (χ4n) is 3.85. The number of benzene rings is 1. The van der Waals surface area contributed by atoms with E-state index in [9.17, 15) is 19.8 Å². The number of para-hydroxylation sites is 1. The Bertz CT molecular complexity index is 897. The number of aliphatic carboxylic acids is 2. The molecule has 6 nitrogen and oxygen atoms in total. The van der Waals surface area contributed by atoms with Crippen LogP contribution in [0.15, 0.2) is 53.8 Å². The van der Waals surface area contributed by atoms with Crippen molar-refractivity contribution in [3.63, 3.8) is 0 Å². The number of hydrogen-bond donors (Lipinski definition) is 3. The third-order valence-electron chi connectivity index (χ3n) is 5.38. The molecule has 4 rings (SSSR count). The first-order chi connectivity index (χ1) is 12.4. The van der Waals surface area contributed by atoms with Crippen LogP contribution in [-0.2, 0) is 9.59 Å². The number of carboxylic acid groups (broad SMARTS) is 2. The number of carbonyl (C=O) groups is 2. The van der Waals surface area contributed by atoms with E-state index in [-0.39, 0.29) is 12.8 Å². The van der Waals surface area contributed by atoms with Crippen LogP contribution < -0.4 is 10.5 Å². The molecule has 26 heavy (non-hydrogen) atoms. The number of carboxylic acids is 2. The van der Waals surface area contributed by atoms with E-state index in [0.717, 1.165) is 23.1 Å². The maximum Gasteiger partial charge on any atom is 0.324 e. The number of allylic oxidation sites excluding steroid dienone is 3. The predicted octanol–water partition coefficient (Wildman–Crippen LogP) is 2.57. The van der Waals surface area contributed by atoms with Crippen LogP contribution in [0.5, 0.6) is 5.75 Å². The Labute approximate surface area is 150 Å². The Balaban J connectivity index is 1.79. The third kappa shape index (κ3) is 2.54. The van der Waals surface area contributed by atoms with Crippen LogP contribution in [0.3, 0.4) is 0 Å². The van der Waals surface area contributed by atoms with Gasteiger partial charge in [0, 0.05) is 23.5 Å². The van der Waals surface area contributed by atoms with Gasteiger partial charge in [0.15, 0.2) is 0 Å². The topological polar surface area (TPSA) is 110 Å². The molecule has 0 bridgehead atoms. The summed E-state index contributed by atoms with van der Waals surface area (Å²) in [6.45, 7) is 0. The van der Waals surface area contributed by atoms with Crippen LogP contribution in [0, 0.1) is 11.8 Å². The van der Waals surface area contributed by atoms with E-state index in [0.29, 0.717) is 11.5 Å². The van der Waals surface area contributed by atoms with E-state index >= 15 is 0 Å². The lowest BCUT2D eigenvalue weighted by Crippen LogP contribution is -2.51. The summed E-state index contributed by atoms with van der Waals surface area (Å²) in [5.74, 6) is -2.09. The van der Waals surface area contributed by atoms with E-state index in [1.807, 2.05) is 42.5 Å². The molecule has 1 heterocycles. The van der Waals surface area contributed by atoms with E-state index in [4.69, 9.17) is 10.5 Å². The normalized spacial score (nSPS) is 25.3. The first kappa shape index (κ1) is 16.6. The maximum absolute atomic E-state index is 12.0. The number of nitrogens with two attached hydrogens (primary N) is 1. The van der Waals surface area contributed by atoms with Gasteiger partial charge in [-0.05, 0) is 30.6 Å². The van der Waals surface area contributed by atoms with Crippen LogP contribution in [0.1, 0.15) is 24.8 Å².